The summed E-state index contributed by atoms with van der Waals surface area (Å²) in [4.78, 5) is 6.94. The van der Waals surface area contributed by atoms with Gasteiger partial charge in [-0.05, 0) is 24.0 Å². The largest absolute Gasteiger partial charge is 0.355 e. The molecule has 2 fully saturated rings. The SMILES string of the molecule is CCc1cccc(CC)c1Nc1nncc(N2CCC3(CC2)OCCO3)n1. The number of rotatable bonds is 5. The molecule has 1 spiro atoms. The maximum absolute atomic E-state index is 5.81. The average molecular weight is 369 g/mol. The Bertz CT molecular complexity index is 759. The van der Waals surface area contributed by atoms with Crippen LogP contribution in [0.1, 0.15) is 37.8 Å². The van der Waals surface area contributed by atoms with Gasteiger partial charge in [-0.1, -0.05) is 32.0 Å². The van der Waals surface area contributed by atoms with E-state index in [1.807, 2.05) is 0 Å². The number of nitrogens with zero attached hydrogens (tertiary/aromatic N) is 4. The normalized spacial score (nSPS) is 18.8. The topological polar surface area (TPSA) is 72.4 Å². The van der Waals surface area contributed by atoms with Crippen LogP contribution in [0.4, 0.5) is 17.5 Å². The number of benzene rings is 1. The van der Waals surface area contributed by atoms with Crippen LogP contribution in [0, 0.1) is 0 Å². The van der Waals surface area contributed by atoms with Crippen LogP contribution in [-0.2, 0) is 22.3 Å². The van der Waals surface area contributed by atoms with Gasteiger partial charge >= 0.3 is 0 Å². The van der Waals surface area contributed by atoms with Gasteiger partial charge in [0.15, 0.2) is 11.6 Å². The van der Waals surface area contributed by atoms with Crippen molar-refractivity contribution in [2.24, 2.45) is 0 Å². The molecule has 0 unspecified atom stereocenters. The van der Waals surface area contributed by atoms with Crippen LogP contribution in [0.5, 0.6) is 0 Å². The summed E-state index contributed by atoms with van der Waals surface area (Å²) in [6.45, 7) is 7.38. The van der Waals surface area contributed by atoms with Crippen molar-refractivity contribution in [3.8, 4) is 0 Å². The lowest BCUT2D eigenvalue weighted by Crippen LogP contribution is -2.45. The van der Waals surface area contributed by atoms with Crippen LogP contribution in [0.15, 0.2) is 24.4 Å². The Balaban J connectivity index is 1.51. The zero-order valence-electron chi connectivity index (χ0n) is 16.1. The second kappa shape index (κ2) is 7.78. The minimum atomic E-state index is -0.381. The molecule has 0 aliphatic carbocycles. The van der Waals surface area contributed by atoms with Gasteiger partial charge in [-0.15, -0.1) is 5.10 Å². The molecule has 27 heavy (non-hydrogen) atoms. The molecule has 0 amide bonds. The summed E-state index contributed by atoms with van der Waals surface area (Å²) in [7, 11) is 0. The summed E-state index contributed by atoms with van der Waals surface area (Å²) in [6.07, 6.45) is 5.33. The minimum absolute atomic E-state index is 0.381. The van der Waals surface area contributed by atoms with Gasteiger partial charge in [-0.25, -0.2) is 0 Å². The Kier molecular flexibility index (Phi) is 5.22. The Hall–Kier alpha value is -2.25. The molecule has 4 rings (SSSR count). The number of aromatic nitrogens is 3. The third kappa shape index (κ3) is 3.75. The van der Waals surface area contributed by atoms with E-state index in [0.29, 0.717) is 19.2 Å². The molecule has 2 aliphatic rings. The highest BCUT2D eigenvalue weighted by molar-refractivity contribution is 5.64. The Labute approximate surface area is 160 Å². The fraction of sp³-hybridized carbons (Fsp3) is 0.550. The van der Waals surface area contributed by atoms with Crippen molar-refractivity contribution in [3.05, 3.63) is 35.5 Å². The molecular formula is C20H27N5O2. The van der Waals surface area contributed by atoms with Gasteiger partial charge in [-0.3, -0.25) is 0 Å². The van der Waals surface area contributed by atoms with Crippen LogP contribution in [0.25, 0.3) is 0 Å². The number of anilines is 3. The summed E-state index contributed by atoms with van der Waals surface area (Å²) in [5, 5.41) is 11.8. The van der Waals surface area contributed by atoms with E-state index in [9.17, 15) is 0 Å². The molecule has 2 aromatic rings. The maximum atomic E-state index is 5.81. The van der Waals surface area contributed by atoms with Gasteiger partial charge < -0.3 is 19.7 Å². The van der Waals surface area contributed by atoms with Gasteiger partial charge in [0.25, 0.3) is 0 Å². The van der Waals surface area contributed by atoms with Gasteiger partial charge in [0.1, 0.15) is 0 Å². The van der Waals surface area contributed by atoms with E-state index >= 15 is 0 Å². The fourth-order valence-corrected chi connectivity index (χ4v) is 3.88. The highest BCUT2D eigenvalue weighted by Crippen LogP contribution is 2.33. The van der Waals surface area contributed by atoms with Crippen LogP contribution < -0.4 is 10.2 Å². The summed E-state index contributed by atoms with van der Waals surface area (Å²) in [5.41, 5.74) is 3.63. The predicted molar refractivity (Wildman–Crippen MR) is 104 cm³/mol. The van der Waals surface area contributed by atoms with Crippen molar-refractivity contribution < 1.29 is 9.47 Å². The fourth-order valence-electron chi connectivity index (χ4n) is 3.88. The number of hydrogen-bond donors (Lipinski definition) is 1. The molecule has 7 nitrogen and oxygen atoms in total. The number of aryl methyl sites for hydroxylation is 2. The van der Waals surface area contributed by atoms with Crippen LogP contribution >= 0.6 is 0 Å². The molecule has 7 heteroatoms. The zero-order chi connectivity index (χ0) is 18.7. The van der Waals surface area contributed by atoms with Crippen molar-refractivity contribution >= 4 is 17.5 Å². The molecule has 3 heterocycles. The van der Waals surface area contributed by atoms with Crippen LogP contribution in [-0.4, -0.2) is 47.3 Å². The molecule has 0 radical (unpaired) electrons. The van der Waals surface area contributed by atoms with Gasteiger partial charge in [0, 0.05) is 31.6 Å². The zero-order valence-corrected chi connectivity index (χ0v) is 16.1. The van der Waals surface area contributed by atoms with Crippen molar-refractivity contribution in [1.82, 2.24) is 15.2 Å². The standard InChI is InChI=1S/C20H27N5O2/c1-3-15-6-5-7-16(4-2)18(15)23-19-22-17(14-21-24-19)25-10-8-20(9-11-25)26-12-13-27-20/h5-7,14H,3-4,8-13H2,1-2H3,(H,22,23,24). The number of hydrogen-bond acceptors (Lipinski definition) is 7. The van der Waals surface area contributed by atoms with Crippen molar-refractivity contribution in [3.63, 3.8) is 0 Å². The molecule has 1 aromatic heterocycles. The summed E-state index contributed by atoms with van der Waals surface area (Å²) in [5.74, 6) is 0.998. The number of nitrogens with one attached hydrogen (secondary N) is 1. The highest BCUT2D eigenvalue weighted by atomic mass is 16.7. The molecular weight excluding hydrogens is 342 g/mol. The lowest BCUT2D eigenvalue weighted by molar-refractivity contribution is -0.169. The Morgan fingerprint density at radius 3 is 2.37 bits per heavy atom. The first-order valence-electron chi connectivity index (χ1n) is 9.83. The lowest BCUT2D eigenvalue weighted by atomic mass is 10.0. The third-order valence-electron chi connectivity index (χ3n) is 5.44. The summed E-state index contributed by atoms with van der Waals surface area (Å²) in [6, 6.07) is 6.39. The smallest absolute Gasteiger partial charge is 0.249 e. The second-order valence-corrected chi connectivity index (χ2v) is 7.02. The number of ether oxygens (including phenoxy) is 2. The number of para-hydroxylation sites is 1. The van der Waals surface area contributed by atoms with Crippen molar-refractivity contribution in [2.75, 3.05) is 36.5 Å². The Morgan fingerprint density at radius 2 is 1.74 bits per heavy atom. The first-order chi connectivity index (χ1) is 13.2. The molecule has 0 bridgehead atoms. The first-order valence-corrected chi connectivity index (χ1v) is 9.83. The van der Waals surface area contributed by atoms with E-state index < -0.39 is 0 Å². The number of piperidine rings is 1. The third-order valence-corrected chi connectivity index (χ3v) is 5.44. The molecule has 2 aliphatic heterocycles. The van der Waals surface area contributed by atoms with E-state index in [-0.39, 0.29) is 5.79 Å². The van der Waals surface area contributed by atoms with Crippen molar-refractivity contribution in [1.29, 1.82) is 0 Å². The van der Waals surface area contributed by atoms with Gasteiger partial charge in [0.2, 0.25) is 5.95 Å². The lowest BCUT2D eigenvalue weighted by Gasteiger charge is -2.37. The van der Waals surface area contributed by atoms with Gasteiger partial charge in [-0.2, -0.15) is 10.1 Å². The van der Waals surface area contributed by atoms with E-state index in [0.717, 1.165) is 50.3 Å². The van der Waals surface area contributed by atoms with E-state index in [4.69, 9.17) is 14.5 Å². The molecule has 0 saturated carbocycles. The average Bonchev–Trinajstić information content (AvgIpc) is 3.17. The molecule has 0 atom stereocenters. The van der Waals surface area contributed by atoms with E-state index in [1.165, 1.54) is 11.1 Å². The predicted octanol–water partition coefficient (Wildman–Crippen LogP) is 3.08. The minimum Gasteiger partial charge on any atom is -0.355 e. The summed E-state index contributed by atoms with van der Waals surface area (Å²) < 4.78 is 11.6. The van der Waals surface area contributed by atoms with Gasteiger partial charge in [0.05, 0.1) is 19.4 Å². The molecule has 1 N–H and O–H groups in total. The first kappa shape index (κ1) is 18.1. The summed E-state index contributed by atoms with van der Waals surface area (Å²) >= 11 is 0. The highest BCUT2D eigenvalue weighted by Gasteiger charge is 2.40. The second-order valence-electron chi connectivity index (χ2n) is 7.02. The molecule has 144 valence electrons. The Morgan fingerprint density at radius 1 is 1.07 bits per heavy atom. The monoisotopic (exact) mass is 369 g/mol. The van der Waals surface area contributed by atoms with E-state index in [2.05, 4.69) is 52.5 Å². The van der Waals surface area contributed by atoms with E-state index in [1.54, 1.807) is 6.20 Å². The maximum Gasteiger partial charge on any atom is 0.249 e. The van der Waals surface area contributed by atoms with Crippen molar-refractivity contribution in [2.45, 2.75) is 45.3 Å². The molecule has 1 aromatic carbocycles. The quantitative estimate of drug-likeness (QED) is 0.868. The van der Waals surface area contributed by atoms with Crippen LogP contribution in [0.2, 0.25) is 0 Å². The van der Waals surface area contributed by atoms with Crippen LogP contribution in [0.3, 0.4) is 0 Å². The molecule has 2 saturated heterocycles.